The smallest absolute Gasteiger partial charge is 0.328 e. The first-order valence-electron chi connectivity index (χ1n) is 6.32. The van der Waals surface area contributed by atoms with Gasteiger partial charge in [-0.1, -0.05) is 17.7 Å². The van der Waals surface area contributed by atoms with Gasteiger partial charge >= 0.3 is 5.97 Å². The summed E-state index contributed by atoms with van der Waals surface area (Å²) in [6, 6.07) is 9.85. The minimum atomic E-state index is -0.962. The van der Waals surface area contributed by atoms with Gasteiger partial charge in [0.05, 0.1) is 6.61 Å². The largest absolute Gasteiger partial charge is 0.493 e. The molecule has 0 fully saturated rings. The molecule has 2 rings (SSSR count). The van der Waals surface area contributed by atoms with Gasteiger partial charge in [-0.25, -0.2) is 4.79 Å². The van der Waals surface area contributed by atoms with E-state index < -0.39 is 5.97 Å². The molecule has 0 radical (unpaired) electrons. The van der Waals surface area contributed by atoms with E-state index in [0.29, 0.717) is 12.4 Å². The van der Waals surface area contributed by atoms with Crippen molar-refractivity contribution in [1.29, 1.82) is 0 Å². The predicted octanol–water partition coefficient (Wildman–Crippen LogP) is 3.78. The maximum absolute atomic E-state index is 10.6. The summed E-state index contributed by atoms with van der Waals surface area (Å²) < 4.78 is 5.76. The Hall–Kier alpha value is -2.07. The molecule has 1 heterocycles. The molecule has 0 aliphatic carbocycles. The topological polar surface area (TPSA) is 46.5 Å². The number of thiophene rings is 1. The second kappa shape index (κ2) is 6.91. The zero-order chi connectivity index (χ0) is 14.4. The molecule has 0 atom stereocenters. The SMILES string of the molecule is Cc1ccc(OCCc2cccs2)c(C=CC(=O)O)c1. The van der Waals surface area contributed by atoms with Crippen molar-refractivity contribution in [2.24, 2.45) is 0 Å². The van der Waals surface area contributed by atoms with Crippen molar-refractivity contribution in [2.75, 3.05) is 6.61 Å². The zero-order valence-electron chi connectivity index (χ0n) is 11.2. The lowest BCUT2D eigenvalue weighted by Gasteiger charge is -2.09. The molecule has 0 unspecified atom stereocenters. The van der Waals surface area contributed by atoms with Crippen molar-refractivity contribution in [2.45, 2.75) is 13.3 Å². The quantitative estimate of drug-likeness (QED) is 0.823. The van der Waals surface area contributed by atoms with Crippen LogP contribution in [0.2, 0.25) is 0 Å². The molecule has 0 amide bonds. The second-order valence-corrected chi connectivity index (χ2v) is 5.42. The van der Waals surface area contributed by atoms with Crippen LogP contribution in [0.3, 0.4) is 0 Å². The van der Waals surface area contributed by atoms with E-state index >= 15 is 0 Å². The molecule has 0 aliphatic rings. The normalized spacial score (nSPS) is 10.8. The maximum atomic E-state index is 10.6. The van der Waals surface area contributed by atoms with E-state index in [1.807, 2.05) is 36.6 Å². The number of aliphatic carboxylic acids is 1. The molecule has 0 saturated heterocycles. The van der Waals surface area contributed by atoms with Crippen molar-refractivity contribution in [1.82, 2.24) is 0 Å². The van der Waals surface area contributed by atoms with Gasteiger partial charge in [-0.2, -0.15) is 0 Å². The molecule has 20 heavy (non-hydrogen) atoms. The van der Waals surface area contributed by atoms with Crippen LogP contribution in [0.1, 0.15) is 16.0 Å². The van der Waals surface area contributed by atoms with E-state index in [1.54, 1.807) is 17.4 Å². The molecular formula is C16H16O3S. The summed E-state index contributed by atoms with van der Waals surface area (Å²) in [5, 5.41) is 10.8. The van der Waals surface area contributed by atoms with Gasteiger partial charge in [0.25, 0.3) is 0 Å². The van der Waals surface area contributed by atoms with Crippen molar-refractivity contribution in [3.05, 3.63) is 57.8 Å². The summed E-state index contributed by atoms with van der Waals surface area (Å²) in [5.41, 5.74) is 1.86. The highest BCUT2D eigenvalue weighted by atomic mass is 32.1. The van der Waals surface area contributed by atoms with Crippen LogP contribution in [0.25, 0.3) is 6.08 Å². The first-order chi connectivity index (χ1) is 9.65. The molecule has 3 nitrogen and oxygen atoms in total. The van der Waals surface area contributed by atoms with Crippen LogP contribution in [-0.4, -0.2) is 17.7 Å². The average molecular weight is 288 g/mol. The van der Waals surface area contributed by atoms with Crippen molar-refractivity contribution >= 4 is 23.4 Å². The lowest BCUT2D eigenvalue weighted by Crippen LogP contribution is -2.01. The van der Waals surface area contributed by atoms with Gasteiger partial charge in [0.1, 0.15) is 5.75 Å². The van der Waals surface area contributed by atoms with Gasteiger partial charge in [0, 0.05) is 22.9 Å². The fourth-order valence-corrected chi connectivity index (χ4v) is 2.50. The van der Waals surface area contributed by atoms with Crippen molar-refractivity contribution in [3.8, 4) is 5.75 Å². The predicted molar refractivity (Wildman–Crippen MR) is 81.4 cm³/mol. The standard InChI is InChI=1S/C16H16O3S/c1-12-4-6-15(13(11-12)5-7-16(17)18)19-9-8-14-3-2-10-20-14/h2-7,10-11H,8-9H2,1H3,(H,17,18). The summed E-state index contributed by atoms with van der Waals surface area (Å²) in [6.07, 6.45) is 3.55. The minimum absolute atomic E-state index is 0.581. The monoisotopic (exact) mass is 288 g/mol. The van der Waals surface area contributed by atoms with Gasteiger partial charge in [-0.05, 0) is 36.6 Å². The summed E-state index contributed by atoms with van der Waals surface area (Å²) in [5.74, 6) is -0.249. The zero-order valence-corrected chi connectivity index (χ0v) is 12.0. The van der Waals surface area contributed by atoms with Crippen LogP contribution in [0.5, 0.6) is 5.75 Å². The molecule has 0 aliphatic heterocycles. The van der Waals surface area contributed by atoms with Crippen LogP contribution in [-0.2, 0) is 11.2 Å². The first-order valence-corrected chi connectivity index (χ1v) is 7.20. The summed E-state index contributed by atoms with van der Waals surface area (Å²) in [6.45, 7) is 2.55. The van der Waals surface area contributed by atoms with Crippen LogP contribution in [0.4, 0.5) is 0 Å². The average Bonchev–Trinajstić information content (AvgIpc) is 2.91. The molecule has 1 aromatic carbocycles. The van der Waals surface area contributed by atoms with Gasteiger partial charge < -0.3 is 9.84 Å². The lowest BCUT2D eigenvalue weighted by atomic mass is 10.1. The Labute approximate surface area is 122 Å². The molecule has 0 saturated carbocycles. The van der Waals surface area contributed by atoms with E-state index in [-0.39, 0.29) is 0 Å². The Morgan fingerprint density at radius 1 is 1.40 bits per heavy atom. The number of rotatable bonds is 6. The number of carboxylic acid groups (broad SMARTS) is 1. The summed E-state index contributed by atoms with van der Waals surface area (Å²) in [7, 11) is 0. The molecule has 0 bridgehead atoms. The van der Waals surface area contributed by atoms with E-state index in [2.05, 4.69) is 6.07 Å². The van der Waals surface area contributed by atoms with Crippen LogP contribution in [0, 0.1) is 6.92 Å². The Bertz CT molecular complexity index is 600. The molecule has 1 aromatic heterocycles. The van der Waals surface area contributed by atoms with E-state index in [4.69, 9.17) is 9.84 Å². The highest BCUT2D eigenvalue weighted by Crippen LogP contribution is 2.22. The maximum Gasteiger partial charge on any atom is 0.328 e. The highest BCUT2D eigenvalue weighted by molar-refractivity contribution is 7.09. The number of hydrogen-bond acceptors (Lipinski definition) is 3. The number of ether oxygens (including phenoxy) is 1. The fraction of sp³-hybridized carbons (Fsp3) is 0.188. The molecular weight excluding hydrogens is 272 g/mol. The van der Waals surface area contributed by atoms with E-state index in [0.717, 1.165) is 23.6 Å². The minimum Gasteiger partial charge on any atom is -0.493 e. The number of aryl methyl sites for hydroxylation is 1. The Morgan fingerprint density at radius 3 is 2.95 bits per heavy atom. The second-order valence-electron chi connectivity index (χ2n) is 4.39. The van der Waals surface area contributed by atoms with E-state index in [1.165, 1.54) is 4.88 Å². The van der Waals surface area contributed by atoms with Crippen molar-refractivity contribution in [3.63, 3.8) is 0 Å². The van der Waals surface area contributed by atoms with Crippen LogP contribution >= 0.6 is 11.3 Å². The van der Waals surface area contributed by atoms with Gasteiger partial charge in [0.15, 0.2) is 0 Å². The number of carboxylic acids is 1. The number of hydrogen-bond donors (Lipinski definition) is 1. The third-order valence-electron chi connectivity index (χ3n) is 2.76. The van der Waals surface area contributed by atoms with Crippen LogP contribution < -0.4 is 4.74 Å². The fourth-order valence-electron chi connectivity index (χ4n) is 1.81. The Kier molecular flexibility index (Phi) is 4.96. The third-order valence-corrected chi connectivity index (χ3v) is 3.69. The molecule has 104 valence electrons. The molecule has 0 spiro atoms. The molecule has 1 N–H and O–H groups in total. The van der Waals surface area contributed by atoms with Gasteiger partial charge in [0.2, 0.25) is 0 Å². The van der Waals surface area contributed by atoms with Crippen molar-refractivity contribution < 1.29 is 14.6 Å². The van der Waals surface area contributed by atoms with E-state index in [9.17, 15) is 4.79 Å². The highest BCUT2D eigenvalue weighted by Gasteiger charge is 2.03. The molecule has 4 heteroatoms. The third kappa shape index (κ3) is 4.24. The number of carbonyl (C=O) groups is 1. The van der Waals surface area contributed by atoms with Gasteiger partial charge in [-0.3, -0.25) is 0 Å². The first kappa shape index (κ1) is 14.3. The summed E-state index contributed by atoms with van der Waals surface area (Å²) >= 11 is 1.71. The van der Waals surface area contributed by atoms with Crippen LogP contribution in [0.15, 0.2) is 41.8 Å². The molecule has 2 aromatic rings. The number of benzene rings is 1. The Morgan fingerprint density at radius 2 is 2.25 bits per heavy atom. The lowest BCUT2D eigenvalue weighted by molar-refractivity contribution is -0.131. The Balaban J connectivity index is 2.04. The summed E-state index contributed by atoms with van der Waals surface area (Å²) in [4.78, 5) is 11.9. The van der Waals surface area contributed by atoms with Gasteiger partial charge in [-0.15, -0.1) is 11.3 Å².